The molecule has 1 aliphatic heterocycles. The number of aromatic nitrogens is 2. The maximum absolute atomic E-state index is 14.7. The Labute approximate surface area is 199 Å². The number of hydrogen-bond acceptors (Lipinski definition) is 6. The molecule has 0 atom stereocenters. The van der Waals surface area contributed by atoms with Crippen LogP contribution in [0.1, 0.15) is 26.3 Å². The average Bonchev–Trinajstić information content (AvgIpc) is 3.28. The van der Waals surface area contributed by atoms with Crippen LogP contribution in [0.15, 0.2) is 65.6 Å². The Balaban J connectivity index is 1.49. The summed E-state index contributed by atoms with van der Waals surface area (Å²) in [7, 11) is -4.17. The lowest BCUT2D eigenvalue weighted by Gasteiger charge is -2.26. The molecule has 3 aromatic carbocycles. The van der Waals surface area contributed by atoms with Crippen LogP contribution in [0.4, 0.5) is 4.39 Å². The lowest BCUT2D eigenvalue weighted by molar-refractivity contribution is 0.0729. The molecule has 0 radical (unpaired) electrons. The van der Waals surface area contributed by atoms with E-state index in [1.807, 2.05) is 0 Å². The van der Waals surface area contributed by atoms with Crippen molar-refractivity contribution in [2.45, 2.75) is 4.90 Å². The third-order valence-electron chi connectivity index (χ3n) is 6.34. The smallest absolute Gasteiger partial charge is 0.278 e. The molecular formula is C25H18FN3O5S. The Morgan fingerprint density at radius 3 is 2.43 bits per heavy atom. The predicted molar refractivity (Wildman–Crippen MR) is 124 cm³/mol. The Hall–Kier alpha value is -3.73. The van der Waals surface area contributed by atoms with E-state index in [4.69, 9.17) is 4.74 Å². The van der Waals surface area contributed by atoms with Crippen LogP contribution in [0.5, 0.6) is 0 Å². The summed E-state index contributed by atoms with van der Waals surface area (Å²) in [5.41, 5.74) is 2.39. The van der Waals surface area contributed by atoms with Crippen LogP contribution >= 0.6 is 0 Å². The fraction of sp³-hybridized carbons (Fsp3) is 0.160. The first kappa shape index (κ1) is 21.8. The molecule has 8 nitrogen and oxygen atoms in total. The number of nitrogens with zero attached hydrogens (tertiary/aromatic N) is 3. The number of hydrogen-bond donors (Lipinski definition) is 0. The minimum Gasteiger partial charge on any atom is -0.379 e. The van der Waals surface area contributed by atoms with Crippen LogP contribution in [-0.2, 0) is 14.8 Å². The van der Waals surface area contributed by atoms with Crippen molar-refractivity contribution in [3.8, 4) is 11.3 Å². The lowest BCUT2D eigenvalue weighted by atomic mass is 9.87. The van der Waals surface area contributed by atoms with Crippen molar-refractivity contribution in [1.82, 2.24) is 14.1 Å². The number of morpholine rings is 1. The number of ether oxygens (including phenoxy) is 1. The Kier molecular flexibility index (Phi) is 4.92. The standard InChI is InChI=1S/C25H18FN3O5S/c26-19-9-8-15(14-21(19)35(32,33)28-10-12-34-13-11-28)25(31)29-20-7-3-6-18-22(20)23(27-29)16-4-1-2-5-17(16)24(18)30/h1-9,14H,10-13H2. The summed E-state index contributed by atoms with van der Waals surface area (Å²) in [5.74, 6) is -1.74. The molecule has 1 aliphatic carbocycles. The van der Waals surface area contributed by atoms with Crippen molar-refractivity contribution in [3.05, 3.63) is 83.2 Å². The van der Waals surface area contributed by atoms with Gasteiger partial charge < -0.3 is 4.74 Å². The van der Waals surface area contributed by atoms with E-state index in [0.717, 1.165) is 21.1 Å². The molecular weight excluding hydrogens is 473 g/mol. The van der Waals surface area contributed by atoms with Gasteiger partial charge in [0.15, 0.2) is 5.78 Å². The molecule has 0 saturated carbocycles. The molecule has 6 rings (SSSR count). The summed E-state index contributed by atoms with van der Waals surface area (Å²) in [6, 6.07) is 15.3. The summed E-state index contributed by atoms with van der Waals surface area (Å²) in [4.78, 5) is 26.0. The van der Waals surface area contributed by atoms with Crippen molar-refractivity contribution in [3.63, 3.8) is 0 Å². The first-order chi connectivity index (χ1) is 16.9. The number of benzene rings is 3. The molecule has 35 heavy (non-hydrogen) atoms. The van der Waals surface area contributed by atoms with E-state index in [0.29, 0.717) is 33.3 Å². The van der Waals surface area contributed by atoms with E-state index in [1.165, 1.54) is 6.07 Å². The molecule has 1 aromatic heterocycles. The first-order valence-electron chi connectivity index (χ1n) is 11.0. The van der Waals surface area contributed by atoms with Crippen molar-refractivity contribution in [2.75, 3.05) is 26.3 Å². The monoisotopic (exact) mass is 491 g/mol. The van der Waals surface area contributed by atoms with Gasteiger partial charge in [0.2, 0.25) is 10.0 Å². The molecule has 176 valence electrons. The van der Waals surface area contributed by atoms with Crippen LogP contribution in [0.25, 0.3) is 22.2 Å². The molecule has 4 aromatic rings. The average molecular weight is 492 g/mol. The van der Waals surface area contributed by atoms with Gasteiger partial charge in [-0.05, 0) is 24.3 Å². The highest BCUT2D eigenvalue weighted by atomic mass is 32.2. The molecule has 0 N–H and O–H groups in total. The third-order valence-corrected chi connectivity index (χ3v) is 8.25. The fourth-order valence-electron chi connectivity index (χ4n) is 4.62. The van der Waals surface area contributed by atoms with E-state index in [1.54, 1.807) is 42.5 Å². The SMILES string of the molecule is O=C1c2ccccc2-c2nn(C(=O)c3ccc(F)c(S(=O)(=O)N4CCOCC4)c3)c3cccc1c23. The minimum absolute atomic E-state index is 0.0431. The zero-order chi connectivity index (χ0) is 24.3. The zero-order valence-corrected chi connectivity index (χ0v) is 19.1. The van der Waals surface area contributed by atoms with Gasteiger partial charge in [0.25, 0.3) is 5.91 Å². The minimum atomic E-state index is -4.17. The van der Waals surface area contributed by atoms with Gasteiger partial charge in [-0.1, -0.05) is 36.4 Å². The molecule has 1 fully saturated rings. The van der Waals surface area contributed by atoms with Crippen LogP contribution in [0.3, 0.4) is 0 Å². The highest BCUT2D eigenvalue weighted by Gasteiger charge is 2.32. The summed E-state index contributed by atoms with van der Waals surface area (Å²) in [6.07, 6.45) is 0. The number of fused-ring (bicyclic) bond motifs is 2. The molecule has 2 aliphatic rings. The predicted octanol–water partition coefficient (Wildman–Crippen LogP) is 3.10. The van der Waals surface area contributed by atoms with Crippen molar-refractivity contribution in [1.29, 1.82) is 0 Å². The van der Waals surface area contributed by atoms with Crippen LogP contribution in [0.2, 0.25) is 0 Å². The summed E-state index contributed by atoms with van der Waals surface area (Å²) >= 11 is 0. The molecule has 0 amide bonds. The van der Waals surface area contributed by atoms with Gasteiger partial charge in [0.05, 0.1) is 18.7 Å². The van der Waals surface area contributed by atoms with Crippen LogP contribution < -0.4 is 0 Å². The second-order valence-electron chi connectivity index (χ2n) is 8.30. The van der Waals surface area contributed by atoms with Gasteiger partial charge in [0.1, 0.15) is 16.4 Å². The molecule has 0 spiro atoms. The van der Waals surface area contributed by atoms with E-state index in [9.17, 15) is 22.4 Å². The number of carbonyl (C=O) groups excluding carboxylic acids is 2. The highest BCUT2D eigenvalue weighted by Crippen LogP contribution is 2.39. The van der Waals surface area contributed by atoms with E-state index in [2.05, 4.69) is 5.10 Å². The second kappa shape index (κ2) is 7.91. The third kappa shape index (κ3) is 3.25. The lowest BCUT2D eigenvalue weighted by Crippen LogP contribution is -2.41. The Morgan fingerprint density at radius 2 is 1.66 bits per heavy atom. The quantitative estimate of drug-likeness (QED) is 0.385. The second-order valence-corrected chi connectivity index (χ2v) is 10.2. The summed E-state index contributed by atoms with van der Waals surface area (Å²) in [6.45, 7) is 0.626. The molecule has 1 saturated heterocycles. The van der Waals surface area contributed by atoms with Gasteiger partial charge in [-0.3, -0.25) is 9.59 Å². The molecule has 0 bridgehead atoms. The number of carbonyl (C=O) groups is 2. The van der Waals surface area contributed by atoms with Gasteiger partial charge in [-0.25, -0.2) is 12.8 Å². The molecule has 10 heteroatoms. The normalized spacial score (nSPS) is 15.9. The van der Waals surface area contributed by atoms with Crippen LogP contribution in [-0.4, -0.2) is 60.5 Å². The van der Waals surface area contributed by atoms with E-state index < -0.39 is 26.6 Å². The van der Waals surface area contributed by atoms with Crippen molar-refractivity contribution >= 4 is 32.6 Å². The van der Waals surface area contributed by atoms with E-state index >= 15 is 0 Å². The maximum atomic E-state index is 14.7. The van der Waals surface area contributed by atoms with Gasteiger partial charge >= 0.3 is 0 Å². The van der Waals surface area contributed by atoms with E-state index in [-0.39, 0.29) is 37.6 Å². The number of rotatable bonds is 3. The van der Waals surface area contributed by atoms with Crippen LogP contribution in [0, 0.1) is 5.82 Å². The van der Waals surface area contributed by atoms with Gasteiger partial charge in [-0.2, -0.15) is 14.1 Å². The fourth-order valence-corrected chi connectivity index (χ4v) is 6.12. The van der Waals surface area contributed by atoms with Crippen molar-refractivity contribution < 1.29 is 27.1 Å². The zero-order valence-electron chi connectivity index (χ0n) is 18.3. The molecule has 2 heterocycles. The first-order valence-corrected chi connectivity index (χ1v) is 12.4. The number of sulfonamides is 1. The maximum Gasteiger partial charge on any atom is 0.278 e. The Bertz CT molecular complexity index is 1660. The summed E-state index contributed by atoms with van der Waals surface area (Å²) < 4.78 is 48.3. The topological polar surface area (TPSA) is 98.6 Å². The van der Waals surface area contributed by atoms with Gasteiger partial charge in [0, 0.05) is 40.7 Å². The number of halogens is 1. The summed E-state index contributed by atoms with van der Waals surface area (Å²) in [5, 5.41) is 5.07. The molecule has 0 unspecified atom stereocenters. The highest BCUT2D eigenvalue weighted by molar-refractivity contribution is 7.89. The van der Waals surface area contributed by atoms with Crippen molar-refractivity contribution in [2.24, 2.45) is 0 Å². The largest absolute Gasteiger partial charge is 0.379 e. The Morgan fingerprint density at radius 1 is 0.943 bits per heavy atom. The van der Waals surface area contributed by atoms with Gasteiger partial charge in [-0.15, -0.1) is 0 Å². The number of ketones is 1.